The molecule has 0 fully saturated rings. The zero-order valence-electron chi connectivity index (χ0n) is 12.0. The van der Waals surface area contributed by atoms with Crippen LogP contribution in [0.15, 0.2) is 60.7 Å². The van der Waals surface area contributed by atoms with Crippen LogP contribution in [-0.2, 0) is 12.5 Å². The van der Waals surface area contributed by atoms with E-state index in [4.69, 9.17) is 0 Å². The fourth-order valence-electron chi connectivity index (χ4n) is 2.03. The minimum absolute atomic E-state index is 0.0484. The lowest BCUT2D eigenvalue weighted by molar-refractivity contribution is -0.0586. The minimum Gasteiger partial charge on any atom is -0.250 e. The first-order chi connectivity index (χ1) is 10.1. The lowest BCUT2D eigenvalue weighted by atomic mass is 10.1. The maximum atomic E-state index is 13.9. The van der Waals surface area contributed by atoms with Crippen molar-refractivity contribution in [1.29, 1.82) is 0 Å². The van der Waals surface area contributed by atoms with E-state index >= 15 is 0 Å². The Bertz CT molecular complexity index is 529. The fourth-order valence-corrected chi connectivity index (χ4v) is 2.03. The Hall–Kier alpha value is -1.78. The van der Waals surface area contributed by atoms with Crippen molar-refractivity contribution in [1.82, 2.24) is 10.9 Å². The van der Waals surface area contributed by atoms with Gasteiger partial charge in [0.2, 0.25) is 0 Å². The first kappa shape index (κ1) is 15.6. The number of hydrogen-bond acceptors (Lipinski definition) is 2. The van der Waals surface area contributed by atoms with Gasteiger partial charge in [0.1, 0.15) is 0 Å². The summed E-state index contributed by atoms with van der Waals surface area (Å²) in [6, 6.07) is 14.6. The van der Waals surface area contributed by atoms with E-state index in [0.717, 1.165) is 12.8 Å². The third-order valence-electron chi connectivity index (χ3n) is 3.32. The van der Waals surface area contributed by atoms with Crippen molar-refractivity contribution >= 4 is 0 Å². The van der Waals surface area contributed by atoms with Crippen LogP contribution < -0.4 is 10.9 Å². The number of nitrogens with one attached hydrogen (secondary N) is 2. The van der Waals surface area contributed by atoms with Crippen LogP contribution in [0.25, 0.3) is 0 Å². The summed E-state index contributed by atoms with van der Waals surface area (Å²) in [5.41, 5.74) is 5.98. The van der Waals surface area contributed by atoms with Crippen molar-refractivity contribution in [3.8, 4) is 0 Å². The van der Waals surface area contributed by atoms with Crippen LogP contribution in [0, 0.1) is 0 Å². The minimum atomic E-state index is -3.08. The Morgan fingerprint density at radius 3 is 2.14 bits per heavy atom. The van der Waals surface area contributed by atoms with Gasteiger partial charge in [-0.15, -0.1) is 0 Å². The molecule has 2 aromatic rings. The topological polar surface area (TPSA) is 24.1 Å². The van der Waals surface area contributed by atoms with E-state index in [0.29, 0.717) is 0 Å². The molecule has 4 heteroatoms. The molecule has 112 valence electrons. The molecule has 0 heterocycles. The van der Waals surface area contributed by atoms with Crippen LogP contribution in [0.1, 0.15) is 24.5 Å². The summed E-state index contributed by atoms with van der Waals surface area (Å²) in [4.78, 5) is 0. The van der Waals surface area contributed by atoms with Gasteiger partial charge in [-0.1, -0.05) is 60.7 Å². The summed E-state index contributed by atoms with van der Waals surface area (Å²) in [6.45, 7) is 1.89. The molecule has 2 N–H and O–H groups in total. The highest BCUT2D eigenvalue weighted by Gasteiger charge is 2.30. The maximum Gasteiger partial charge on any atom is 0.341 e. The number of aryl methyl sites for hydroxylation is 1. The van der Waals surface area contributed by atoms with E-state index in [-0.39, 0.29) is 11.6 Å². The number of hydrogen-bond donors (Lipinski definition) is 2. The molecule has 0 radical (unpaired) electrons. The molecule has 21 heavy (non-hydrogen) atoms. The van der Waals surface area contributed by atoms with E-state index in [1.165, 1.54) is 17.7 Å². The van der Waals surface area contributed by atoms with E-state index in [9.17, 15) is 8.78 Å². The van der Waals surface area contributed by atoms with Gasteiger partial charge < -0.3 is 0 Å². The second-order valence-corrected chi connectivity index (χ2v) is 5.14. The summed E-state index contributed by atoms with van der Waals surface area (Å²) in [5.74, 6) is 0. The normalized spacial score (nSPS) is 13.1. The van der Waals surface area contributed by atoms with E-state index in [1.54, 1.807) is 18.2 Å². The van der Waals surface area contributed by atoms with E-state index < -0.39 is 6.05 Å². The van der Waals surface area contributed by atoms with Crippen molar-refractivity contribution in [3.05, 3.63) is 71.8 Å². The maximum absolute atomic E-state index is 13.9. The van der Waals surface area contributed by atoms with E-state index in [1.807, 2.05) is 37.3 Å². The summed E-state index contributed by atoms with van der Waals surface area (Å²) >= 11 is 0. The number of halogens is 2. The zero-order chi connectivity index (χ0) is 15.1. The van der Waals surface area contributed by atoms with Crippen LogP contribution in [0.2, 0.25) is 0 Å². The highest BCUT2D eigenvalue weighted by molar-refractivity contribution is 5.19. The second-order valence-electron chi connectivity index (χ2n) is 5.14. The lowest BCUT2D eigenvalue weighted by Gasteiger charge is -2.22. The third kappa shape index (κ3) is 4.92. The van der Waals surface area contributed by atoms with Gasteiger partial charge in [-0.25, -0.2) is 5.43 Å². The SMILES string of the molecule is CC(CCc1ccccc1)NNC(F)(F)c1ccccc1. The summed E-state index contributed by atoms with van der Waals surface area (Å²) < 4.78 is 27.8. The van der Waals surface area contributed by atoms with Gasteiger partial charge in [0.15, 0.2) is 0 Å². The number of benzene rings is 2. The average Bonchev–Trinajstić information content (AvgIpc) is 2.53. The Kier molecular flexibility index (Phi) is 5.42. The first-order valence-electron chi connectivity index (χ1n) is 7.08. The molecule has 0 aliphatic rings. The van der Waals surface area contributed by atoms with Crippen molar-refractivity contribution in [3.63, 3.8) is 0 Å². The van der Waals surface area contributed by atoms with Gasteiger partial charge in [-0.05, 0) is 25.3 Å². The molecular formula is C17H20F2N2. The average molecular weight is 290 g/mol. The number of rotatable bonds is 7. The van der Waals surface area contributed by atoms with Gasteiger partial charge in [0.05, 0.1) is 0 Å². The molecule has 0 amide bonds. The predicted octanol–water partition coefficient (Wildman–Crippen LogP) is 3.85. The van der Waals surface area contributed by atoms with Crippen molar-refractivity contribution in [2.75, 3.05) is 0 Å². The summed E-state index contributed by atoms with van der Waals surface area (Å²) in [6.07, 6.45) is 1.63. The molecule has 0 aliphatic carbocycles. The van der Waals surface area contributed by atoms with Crippen LogP contribution in [0.4, 0.5) is 8.78 Å². The molecule has 0 spiro atoms. The first-order valence-corrected chi connectivity index (χ1v) is 7.08. The van der Waals surface area contributed by atoms with Crippen LogP contribution >= 0.6 is 0 Å². The second kappa shape index (κ2) is 7.29. The molecule has 2 aromatic carbocycles. The molecule has 0 aliphatic heterocycles. The van der Waals surface area contributed by atoms with Crippen LogP contribution in [0.5, 0.6) is 0 Å². The van der Waals surface area contributed by atoms with Crippen molar-refractivity contribution in [2.24, 2.45) is 0 Å². The largest absolute Gasteiger partial charge is 0.341 e. The third-order valence-corrected chi connectivity index (χ3v) is 3.32. The Balaban J connectivity index is 1.79. The molecule has 0 bridgehead atoms. The monoisotopic (exact) mass is 290 g/mol. The van der Waals surface area contributed by atoms with Gasteiger partial charge >= 0.3 is 6.05 Å². The smallest absolute Gasteiger partial charge is 0.250 e. The number of hydrazine groups is 1. The van der Waals surface area contributed by atoms with Gasteiger partial charge in [-0.3, -0.25) is 0 Å². The van der Waals surface area contributed by atoms with Crippen LogP contribution in [0.3, 0.4) is 0 Å². The molecule has 2 rings (SSSR count). The molecule has 1 unspecified atom stereocenters. The molecular weight excluding hydrogens is 270 g/mol. The van der Waals surface area contributed by atoms with Crippen LogP contribution in [-0.4, -0.2) is 6.04 Å². The fraction of sp³-hybridized carbons (Fsp3) is 0.294. The van der Waals surface area contributed by atoms with Gasteiger partial charge in [0, 0.05) is 11.6 Å². The highest BCUT2D eigenvalue weighted by Crippen LogP contribution is 2.23. The molecule has 0 saturated carbocycles. The van der Waals surface area contributed by atoms with Crippen molar-refractivity contribution in [2.45, 2.75) is 31.9 Å². The van der Waals surface area contributed by atoms with Gasteiger partial charge in [0.25, 0.3) is 0 Å². The standard InChI is InChI=1S/C17H20F2N2/c1-14(12-13-15-8-4-2-5-9-15)20-21-17(18,19)16-10-6-3-7-11-16/h2-11,14,20-21H,12-13H2,1H3. The lowest BCUT2D eigenvalue weighted by Crippen LogP contribution is -2.48. The summed E-state index contributed by atoms with van der Waals surface area (Å²) in [7, 11) is 0. The summed E-state index contributed by atoms with van der Waals surface area (Å²) in [5, 5.41) is 0. The predicted molar refractivity (Wildman–Crippen MR) is 80.8 cm³/mol. The zero-order valence-corrected chi connectivity index (χ0v) is 12.0. The van der Waals surface area contributed by atoms with Crippen molar-refractivity contribution < 1.29 is 8.78 Å². The molecule has 1 atom stereocenters. The Morgan fingerprint density at radius 1 is 0.952 bits per heavy atom. The molecule has 0 aromatic heterocycles. The quantitative estimate of drug-likeness (QED) is 0.598. The highest BCUT2D eigenvalue weighted by atomic mass is 19.3. The molecule has 0 saturated heterocycles. The Morgan fingerprint density at radius 2 is 1.52 bits per heavy atom. The molecule has 2 nitrogen and oxygen atoms in total. The number of alkyl halides is 2. The van der Waals surface area contributed by atoms with Gasteiger partial charge in [-0.2, -0.15) is 14.2 Å². The Labute approximate surface area is 124 Å². The van der Waals surface area contributed by atoms with E-state index in [2.05, 4.69) is 10.9 Å².